The number of sulfone groups is 1. The number of aliphatic hydroxyl groups excluding tert-OH is 1. The molecular weight excluding hydrogens is 262 g/mol. The largest absolute Gasteiger partial charge is 0.392 e. The molecule has 6 heteroatoms. The van der Waals surface area contributed by atoms with E-state index in [2.05, 4.69) is 0 Å². The SMILES string of the molecule is CN(CCS(C)(=O)=O)c1cccc(Cl)c1CO. The Hall–Kier alpha value is -0.780. The molecule has 0 fully saturated rings. The van der Waals surface area contributed by atoms with Crippen LogP contribution in [0.3, 0.4) is 0 Å². The van der Waals surface area contributed by atoms with Gasteiger partial charge in [0.15, 0.2) is 0 Å². The second-order valence-corrected chi connectivity index (χ2v) is 6.61. The Morgan fingerprint density at radius 1 is 1.41 bits per heavy atom. The topological polar surface area (TPSA) is 57.6 Å². The zero-order valence-electron chi connectivity index (χ0n) is 9.85. The first-order valence-electron chi connectivity index (χ1n) is 5.12. The van der Waals surface area contributed by atoms with Gasteiger partial charge in [0.05, 0.1) is 12.4 Å². The van der Waals surface area contributed by atoms with Crippen LogP contribution in [0.1, 0.15) is 5.56 Å². The molecule has 1 rings (SSSR count). The van der Waals surface area contributed by atoms with Crippen molar-refractivity contribution in [2.45, 2.75) is 6.61 Å². The Morgan fingerprint density at radius 3 is 2.59 bits per heavy atom. The van der Waals surface area contributed by atoms with E-state index in [1.807, 2.05) is 0 Å². The van der Waals surface area contributed by atoms with E-state index in [9.17, 15) is 13.5 Å². The zero-order chi connectivity index (χ0) is 13.1. The van der Waals surface area contributed by atoms with Gasteiger partial charge in [-0.2, -0.15) is 0 Å². The van der Waals surface area contributed by atoms with Crippen LogP contribution < -0.4 is 4.90 Å². The van der Waals surface area contributed by atoms with Gasteiger partial charge in [0.1, 0.15) is 9.84 Å². The average molecular weight is 278 g/mol. The number of nitrogens with zero attached hydrogens (tertiary/aromatic N) is 1. The molecule has 0 aromatic heterocycles. The monoisotopic (exact) mass is 277 g/mol. The van der Waals surface area contributed by atoms with Crippen molar-refractivity contribution in [2.75, 3.05) is 30.5 Å². The predicted octanol–water partition coefficient (Wildman–Crippen LogP) is 1.31. The summed E-state index contributed by atoms with van der Waals surface area (Å²) in [6, 6.07) is 5.27. The van der Waals surface area contributed by atoms with E-state index in [1.54, 1.807) is 30.1 Å². The Labute approximate surface area is 107 Å². The lowest BCUT2D eigenvalue weighted by Gasteiger charge is -2.22. The van der Waals surface area contributed by atoms with Crippen LogP contribution in [0.25, 0.3) is 0 Å². The molecule has 1 aromatic rings. The lowest BCUT2D eigenvalue weighted by atomic mass is 10.1. The zero-order valence-corrected chi connectivity index (χ0v) is 11.4. The van der Waals surface area contributed by atoms with Crippen molar-refractivity contribution < 1.29 is 13.5 Å². The van der Waals surface area contributed by atoms with Crippen molar-refractivity contribution in [1.82, 2.24) is 0 Å². The Kier molecular flexibility index (Phi) is 4.80. The van der Waals surface area contributed by atoms with Crippen molar-refractivity contribution in [3.05, 3.63) is 28.8 Å². The maximum atomic E-state index is 11.1. The lowest BCUT2D eigenvalue weighted by molar-refractivity contribution is 0.282. The fraction of sp³-hybridized carbons (Fsp3) is 0.455. The number of rotatable bonds is 5. The Bertz CT molecular complexity index is 487. The van der Waals surface area contributed by atoms with Crippen LogP contribution in [-0.4, -0.2) is 39.1 Å². The molecule has 4 nitrogen and oxygen atoms in total. The van der Waals surface area contributed by atoms with Crippen molar-refractivity contribution in [2.24, 2.45) is 0 Å². The molecule has 0 atom stereocenters. The summed E-state index contributed by atoms with van der Waals surface area (Å²) in [7, 11) is -1.22. The summed E-state index contributed by atoms with van der Waals surface area (Å²) in [6.45, 7) is 0.199. The molecule has 0 heterocycles. The van der Waals surface area contributed by atoms with Crippen molar-refractivity contribution in [3.63, 3.8) is 0 Å². The Balaban J connectivity index is 2.89. The van der Waals surface area contributed by atoms with Gasteiger partial charge in [-0.1, -0.05) is 17.7 Å². The maximum Gasteiger partial charge on any atom is 0.149 e. The predicted molar refractivity (Wildman–Crippen MR) is 70.4 cm³/mol. The van der Waals surface area contributed by atoms with Crippen molar-refractivity contribution in [3.8, 4) is 0 Å². The maximum absolute atomic E-state index is 11.1. The van der Waals surface area contributed by atoms with Crippen LogP contribution >= 0.6 is 11.6 Å². The molecule has 0 unspecified atom stereocenters. The molecular formula is C11H16ClNO3S. The van der Waals surface area contributed by atoms with Gasteiger partial charge in [0, 0.05) is 36.1 Å². The highest BCUT2D eigenvalue weighted by Gasteiger charge is 2.11. The number of anilines is 1. The van der Waals surface area contributed by atoms with Crippen molar-refractivity contribution in [1.29, 1.82) is 0 Å². The van der Waals surface area contributed by atoms with Crippen LogP contribution in [0.2, 0.25) is 5.02 Å². The third-order valence-corrected chi connectivity index (χ3v) is 3.74. The normalized spacial score (nSPS) is 11.5. The van der Waals surface area contributed by atoms with E-state index in [0.29, 0.717) is 17.1 Å². The molecule has 96 valence electrons. The van der Waals surface area contributed by atoms with Crippen LogP contribution in [0.15, 0.2) is 18.2 Å². The minimum absolute atomic E-state index is 0.0703. The summed E-state index contributed by atoms with van der Waals surface area (Å²) in [5.74, 6) is 0.0703. The van der Waals surface area contributed by atoms with Crippen molar-refractivity contribution >= 4 is 27.1 Å². The molecule has 0 amide bonds. The highest BCUT2D eigenvalue weighted by molar-refractivity contribution is 7.90. The summed E-state index contributed by atoms with van der Waals surface area (Å²) in [5.41, 5.74) is 1.37. The first-order chi connectivity index (χ1) is 7.85. The molecule has 0 radical (unpaired) electrons. The molecule has 0 aliphatic heterocycles. The molecule has 1 N–H and O–H groups in total. The molecule has 0 aliphatic rings. The smallest absolute Gasteiger partial charge is 0.149 e. The molecule has 0 saturated carbocycles. The van der Waals surface area contributed by atoms with Crippen LogP contribution in [0.5, 0.6) is 0 Å². The molecule has 0 spiro atoms. The van der Waals surface area contributed by atoms with Gasteiger partial charge in [-0.15, -0.1) is 0 Å². The van der Waals surface area contributed by atoms with Gasteiger partial charge in [0.25, 0.3) is 0 Å². The summed E-state index contributed by atoms with van der Waals surface area (Å²) in [4.78, 5) is 1.78. The number of halogens is 1. The Morgan fingerprint density at radius 2 is 2.06 bits per heavy atom. The third kappa shape index (κ3) is 4.18. The second-order valence-electron chi connectivity index (χ2n) is 3.95. The number of hydrogen-bond acceptors (Lipinski definition) is 4. The van der Waals surface area contributed by atoms with E-state index in [4.69, 9.17) is 11.6 Å². The second kappa shape index (κ2) is 5.71. The average Bonchev–Trinajstić information content (AvgIpc) is 2.24. The third-order valence-electron chi connectivity index (χ3n) is 2.46. The number of aliphatic hydroxyl groups is 1. The van der Waals surface area contributed by atoms with Gasteiger partial charge in [-0.25, -0.2) is 8.42 Å². The van der Waals surface area contributed by atoms with Crippen LogP contribution in [-0.2, 0) is 16.4 Å². The summed E-state index contributed by atoms with van der Waals surface area (Å²) < 4.78 is 22.2. The molecule has 0 aliphatic carbocycles. The van der Waals surface area contributed by atoms with Gasteiger partial charge in [-0.05, 0) is 12.1 Å². The standard InChI is InChI=1S/C11H16ClNO3S/c1-13(6-7-17(2,15)16)11-5-3-4-10(12)9(11)8-14/h3-5,14H,6-8H2,1-2H3. The van der Waals surface area contributed by atoms with Gasteiger partial charge >= 0.3 is 0 Å². The van der Waals surface area contributed by atoms with Gasteiger partial charge in [0.2, 0.25) is 0 Å². The summed E-state index contributed by atoms with van der Waals surface area (Å²) in [5, 5.41) is 9.73. The van der Waals surface area contributed by atoms with E-state index in [1.165, 1.54) is 6.26 Å². The molecule has 17 heavy (non-hydrogen) atoms. The lowest BCUT2D eigenvalue weighted by Crippen LogP contribution is -2.25. The highest BCUT2D eigenvalue weighted by Crippen LogP contribution is 2.26. The minimum Gasteiger partial charge on any atom is -0.392 e. The molecule has 1 aromatic carbocycles. The van der Waals surface area contributed by atoms with E-state index in [-0.39, 0.29) is 12.4 Å². The molecule has 0 bridgehead atoms. The first-order valence-corrected chi connectivity index (χ1v) is 7.56. The number of hydrogen-bond donors (Lipinski definition) is 1. The molecule has 0 saturated heterocycles. The quantitative estimate of drug-likeness (QED) is 0.882. The number of benzene rings is 1. The van der Waals surface area contributed by atoms with Crippen LogP contribution in [0.4, 0.5) is 5.69 Å². The first kappa shape index (κ1) is 14.3. The minimum atomic E-state index is -2.99. The van der Waals surface area contributed by atoms with E-state index < -0.39 is 9.84 Å². The fourth-order valence-corrected chi connectivity index (χ4v) is 2.32. The van der Waals surface area contributed by atoms with Gasteiger partial charge < -0.3 is 10.0 Å². The summed E-state index contributed by atoms with van der Waals surface area (Å²) in [6.07, 6.45) is 1.20. The van der Waals surface area contributed by atoms with Gasteiger partial charge in [-0.3, -0.25) is 0 Å². The summed E-state index contributed by atoms with van der Waals surface area (Å²) >= 11 is 5.96. The van der Waals surface area contributed by atoms with E-state index >= 15 is 0 Å². The van der Waals surface area contributed by atoms with E-state index in [0.717, 1.165) is 5.69 Å². The fourth-order valence-electron chi connectivity index (χ4n) is 1.48. The van der Waals surface area contributed by atoms with Crippen LogP contribution in [0, 0.1) is 0 Å². The highest BCUT2D eigenvalue weighted by atomic mass is 35.5.